The lowest BCUT2D eigenvalue weighted by Gasteiger charge is -2.23. The number of rotatable bonds is 13. The highest BCUT2D eigenvalue weighted by atomic mass is 16.7. The molecule has 0 aliphatic heterocycles. The van der Waals surface area contributed by atoms with Gasteiger partial charge in [0.1, 0.15) is 0 Å². The number of allylic oxidation sites excluding steroid dienone is 2. The molecule has 4 unspecified atom stereocenters. The van der Waals surface area contributed by atoms with Crippen molar-refractivity contribution < 1.29 is 23.9 Å². The van der Waals surface area contributed by atoms with Crippen molar-refractivity contribution in [3.05, 3.63) is 12.2 Å². The van der Waals surface area contributed by atoms with Crippen molar-refractivity contribution in [2.75, 3.05) is 13.2 Å². The van der Waals surface area contributed by atoms with Crippen LogP contribution in [0.3, 0.4) is 0 Å². The number of hydrogen-bond acceptors (Lipinski definition) is 5. The van der Waals surface area contributed by atoms with Crippen LogP contribution in [-0.4, -0.2) is 42.6 Å². The van der Waals surface area contributed by atoms with Crippen LogP contribution in [0.2, 0.25) is 0 Å². The first-order valence-corrected chi connectivity index (χ1v) is 10.3. The predicted octanol–water partition coefficient (Wildman–Crippen LogP) is 3.45. The summed E-state index contributed by atoms with van der Waals surface area (Å²) in [5.41, 5.74) is 0. The summed E-state index contributed by atoms with van der Waals surface area (Å²) in [5.74, 6) is 0.475. The number of hydrogen-bond donors (Lipinski definition) is 0. The molecule has 6 nitrogen and oxygen atoms in total. The van der Waals surface area contributed by atoms with Crippen molar-refractivity contribution in [3.63, 3.8) is 0 Å². The Labute approximate surface area is 162 Å². The first kappa shape index (κ1) is 21.6. The lowest BCUT2D eigenvalue weighted by atomic mass is 9.92. The lowest BCUT2D eigenvalue weighted by Crippen LogP contribution is -2.37. The van der Waals surface area contributed by atoms with Crippen LogP contribution in [0.5, 0.6) is 0 Å². The summed E-state index contributed by atoms with van der Waals surface area (Å²) in [4.78, 5) is 36.9. The molecule has 0 radical (unpaired) electrons. The molecular formula is C21H33NO5. The molecule has 0 saturated heterocycles. The number of carbonyl (C=O) groups excluding carboxylic acids is 3. The molecule has 2 bridgehead atoms. The maximum absolute atomic E-state index is 12.5. The van der Waals surface area contributed by atoms with Crippen molar-refractivity contribution >= 4 is 18.3 Å². The Kier molecular flexibility index (Phi) is 8.98. The molecule has 1 saturated carbocycles. The molecule has 2 aliphatic carbocycles. The molecule has 0 aromatic heterocycles. The monoisotopic (exact) mass is 379 g/mol. The summed E-state index contributed by atoms with van der Waals surface area (Å²) < 4.78 is 10.6. The van der Waals surface area contributed by atoms with Gasteiger partial charge in [-0.1, -0.05) is 31.9 Å². The van der Waals surface area contributed by atoms with E-state index in [0.717, 1.165) is 32.1 Å². The molecule has 6 heteroatoms. The fourth-order valence-electron chi connectivity index (χ4n) is 3.89. The standard InChI is InChI=1S/C21H33NO5/c1-3-4-12-26-16(2)27-20(24)8-6-5-7-11-22(15-23)21(25)19-14-17-9-10-18(19)13-17/h9-10,15-19H,3-8,11-14H2,1-2H3. The number of amides is 2. The van der Waals surface area contributed by atoms with Gasteiger partial charge in [-0.2, -0.15) is 0 Å². The maximum atomic E-state index is 12.5. The average Bonchev–Trinajstić information content (AvgIpc) is 3.28. The SMILES string of the molecule is CCCCOC(C)OC(=O)CCCCCN(C=O)C(=O)C1CC2C=CC1C2. The molecule has 2 rings (SSSR count). The van der Waals surface area contributed by atoms with Gasteiger partial charge in [-0.05, 0) is 50.9 Å². The first-order valence-electron chi connectivity index (χ1n) is 10.3. The Balaban J connectivity index is 1.57. The van der Waals surface area contributed by atoms with Crippen molar-refractivity contribution in [1.82, 2.24) is 4.90 Å². The lowest BCUT2D eigenvalue weighted by molar-refractivity contribution is -0.175. The molecule has 0 heterocycles. The van der Waals surface area contributed by atoms with E-state index in [2.05, 4.69) is 19.1 Å². The van der Waals surface area contributed by atoms with Gasteiger partial charge in [0.25, 0.3) is 0 Å². The number of esters is 1. The predicted molar refractivity (Wildman–Crippen MR) is 102 cm³/mol. The summed E-state index contributed by atoms with van der Waals surface area (Å²) in [6.07, 6.45) is 10.8. The van der Waals surface area contributed by atoms with E-state index in [-0.39, 0.29) is 17.8 Å². The van der Waals surface area contributed by atoms with Gasteiger partial charge in [-0.15, -0.1) is 0 Å². The number of nitrogens with zero attached hydrogens (tertiary/aromatic N) is 1. The molecule has 2 aliphatic rings. The topological polar surface area (TPSA) is 72.9 Å². The van der Waals surface area contributed by atoms with E-state index in [4.69, 9.17) is 9.47 Å². The quantitative estimate of drug-likeness (QED) is 0.161. The smallest absolute Gasteiger partial charge is 0.308 e. The third-order valence-electron chi connectivity index (χ3n) is 5.43. The molecule has 4 atom stereocenters. The number of imide groups is 1. The van der Waals surface area contributed by atoms with Crippen LogP contribution in [0, 0.1) is 17.8 Å². The van der Waals surface area contributed by atoms with Crippen LogP contribution >= 0.6 is 0 Å². The fourth-order valence-corrected chi connectivity index (χ4v) is 3.89. The highest BCUT2D eigenvalue weighted by Crippen LogP contribution is 2.44. The van der Waals surface area contributed by atoms with E-state index in [1.807, 2.05) is 0 Å². The van der Waals surface area contributed by atoms with Crippen molar-refractivity contribution in [3.8, 4) is 0 Å². The molecule has 0 aromatic carbocycles. The van der Waals surface area contributed by atoms with Gasteiger partial charge >= 0.3 is 5.97 Å². The molecule has 0 aromatic rings. The van der Waals surface area contributed by atoms with Crippen LogP contribution in [0.1, 0.15) is 65.2 Å². The van der Waals surface area contributed by atoms with E-state index < -0.39 is 6.29 Å². The largest absolute Gasteiger partial charge is 0.436 e. The summed E-state index contributed by atoms with van der Waals surface area (Å²) in [7, 11) is 0. The summed E-state index contributed by atoms with van der Waals surface area (Å²) in [5, 5.41) is 0. The minimum absolute atomic E-state index is 0.0330. The Hall–Kier alpha value is -1.69. The van der Waals surface area contributed by atoms with Crippen LogP contribution in [0.15, 0.2) is 12.2 Å². The van der Waals surface area contributed by atoms with Gasteiger partial charge in [-0.3, -0.25) is 19.3 Å². The zero-order chi connectivity index (χ0) is 19.6. The van der Waals surface area contributed by atoms with Gasteiger partial charge in [0.05, 0.1) is 6.61 Å². The number of fused-ring (bicyclic) bond motifs is 2. The highest BCUT2D eigenvalue weighted by molar-refractivity contribution is 5.88. The molecule has 27 heavy (non-hydrogen) atoms. The van der Waals surface area contributed by atoms with Gasteiger partial charge in [0.2, 0.25) is 12.3 Å². The molecule has 2 amide bonds. The third-order valence-corrected chi connectivity index (χ3v) is 5.43. The van der Waals surface area contributed by atoms with Crippen molar-refractivity contribution in [1.29, 1.82) is 0 Å². The molecule has 152 valence electrons. The number of ether oxygens (including phenoxy) is 2. The van der Waals surface area contributed by atoms with Crippen molar-refractivity contribution in [2.45, 2.75) is 71.5 Å². The van der Waals surface area contributed by atoms with E-state index in [0.29, 0.717) is 50.7 Å². The average molecular weight is 379 g/mol. The summed E-state index contributed by atoms with van der Waals surface area (Å²) in [6.45, 7) is 4.82. The van der Waals surface area contributed by atoms with Gasteiger partial charge in [0.15, 0.2) is 6.29 Å². The number of carbonyl (C=O) groups is 3. The Morgan fingerprint density at radius 1 is 1.19 bits per heavy atom. The minimum Gasteiger partial charge on any atom is -0.436 e. The molecule has 0 spiro atoms. The van der Waals surface area contributed by atoms with Crippen LogP contribution in [0.4, 0.5) is 0 Å². The Morgan fingerprint density at radius 3 is 2.63 bits per heavy atom. The first-order chi connectivity index (χ1) is 13.0. The second kappa shape index (κ2) is 11.2. The highest BCUT2D eigenvalue weighted by Gasteiger charge is 2.41. The third kappa shape index (κ3) is 6.76. The normalized spacial score (nSPS) is 24.0. The van der Waals surface area contributed by atoms with Crippen LogP contribution in [-0.2, 0) is 23.9 Å². The van der Waals surface area contributed by atoms with E-state index in [9.17, 15) is 14.4 Å². The zero-order valence-electron chi connectivity index (χ0n) is 16.6. The van der Waals surface area contributed by atoms with E-state index in [1.54, 1.807) is 6.92 Å². The number of unbranched alkanes of at least 4 members (excludes halogenated alkanes) is 3. The van der Waals surface area contributed by atoms with E-state index in [1.165, 1.54) is 4.90 Å². The molecular weight excluding hydrogens is 346 g/mol. The molecule has 0 N–H and O–H groups in total. The maximum Gasteiger partial charge on any atom is 0.308 e. The second-order valence-electron chi connectivity index (χ2n) is 7.62. The minimum atomic E-state index is -0.511. The Bertz CT molecular complexity index is 533. The van der Waals surface area contributed by atoms with E-state index >= 15 is 0 Å². The fraction of sp³-hybridized carbons (Fsp3) is 0.762. The zero-order valence-corrected chi connectivity index (χ0v) is 16.6. The summed E-state index contributed by atoms with van der Waals surface area (Å²) >= 11 is 0. The summed E-state index contributed by atoms with van der Waals surface area (Å²) in [6, 6.07) is 0. The van der Waals surface area contributed by atoms with Crippen LogP contribution < -0.4 is 0 Å². The second-order valence-corrected chi connectivity index (χ2v) is 7.62. The molecule has 1 fully saturated rings. The van der Waals surface area contributed by atoms with Gasteiger partial charge in [0, 0.05) is 18.9 Å². The Morgan fingerprint density at radius 2 is 2.00 bits per heavy atom. The van der Waals surface area contributed by atoms with Crippen molar-refractivity contribution in [2.24, 2.45) is 17.8 Å². The van der Waals surface area contributed by atoms with Gasteiger partial charge < -0.3 is 9.47 Å². The van der Waals surface area contributed by atoms with Crippen LogP contribution in [0.25, 0.3) is 0 Å². The van der Waals surface area contributed by atoms with Gasteiger partial charge in [-0.25, -0.2) is 0 Å².